The smallest absolute Gasteiger partial charge is 0.0351 e. The zero-order chi connectivity index (χ0) is 17.7. The van der Waals surface area contributed by atoms with Crippen LogP contribution in [-0.2, 0) is 0 Å². The van der Waals surface area contributed by atoms with Crippen molar-refractivity contribution >= 4 is 0 Å². The van der Waals surface area contributed by atoms with E-state index in [1.54, 1.807) is 0 Å². The lowest BCUT2D eigenvalue weighted by Crippen LogP contribution is -2.00. The lowest BCUT2D eigenvalue weighted by molar-refractivity contribution is 0.384. The van der Waals surface area contributed by atoms with Gasteiger partial charge in [-0.3, -0.25) is 0 Å². The van der Waals surface area contributed by atoms with Crippen molar-refractivity contribution < 1.29 is 0 Å². The van der Waals surface area contributed by atoms with E-state index in [9.17, 15) is 0 Å². The molecule has 0 saturated carbocycles. The molecule has 0 heteroatoms. The van der Waals surface area contributed by atoms with Crippen LogP contribution in [0, 0.1) is 5.92 Å². The normalized spacial score (nSPS) is 13.0. The van der Waals surface area contributed by atoms with E-state index in [1.807, 2.05) is 0 Å². The molecule has 0 aliphatic rings. The van der Waals surface area contributed by atoms with E-state index in [4.69, 9.17) is 0 Å². The fourth-order valence-corrected chi connectivity index (χ4v) is 3.67. The first-order chi connectivity index (χ1) is 11.8. The maximum absolute atomic E-state index is 2.45. The fourth-order valence-electron chi connectivity index (χ4n) is 3.67. The van der Waals surface area contributed by atoms with Gasteiger partial charge in [-0.05, 0) is 31.6 Å². The van der Waals surface area contributed by atoms with Gasteiger partial charge in [0.05, 0.1) is 0 Å². The molecule has 0 amide bonds. The van der Waals surface area contributed by atoms with Crippen molar-refractivity contribution in [1.29, 1.82) is 0 Å². The molecule has 1 atom stereocenters. The molecule has 0 nitrogen and oxygen atoms in total. The Bertz CT molecular complexity index is 240. The second-order valence-electron chi connectivity index (χ2n) is 7.82. The van der Waals surface area contributed by atoms with Gasteiger partial charge in [0, 0.05) is 0 Å². The first-order valence-electron chi connectivity index (χ1n) is 11.5. The van der Waals surface area contributed by atoms with E-state index in [0.717, 1.165) is 5.92 Å². The fraction of sp³-hybridized carbons (Fsp3) is 0.917. The quantitative estimate of drug-likeness (QED) is 0.163. The van der Waals surface area contributed by atoms with Gasteiger partial charge in [-0.25, -0.2) is 0 Å². The molecule has 0 saturated heterocycles. The Morgan fingerprint density at radius 2 is 0.917 bits per heavy atom. The van der Waals surface area contributed by atoms with Crippen LogP contribution in [0.1, 0.15) is 136 Å². The zero-order valence-electron chi connectivity index (χ0n) is 17.5. The van der Waals surface area contributed by atoms with Crippen LogP contribution in [0.5, 0.6) is 0 Å². The molecule has 0 bridgehead atoms. The summed E-state index contributed by atoms with van der Waals surface area (Å²) in [6.45, 7) is 6.95. The van der Waals surface area contributed by atoms with E-state index < -0.39 is 0 Å². The summed E-state index contributed by atoms with van der Waals surface area (Å²) in [5, 5.41) is 0. The summed E-state index contributed by atoms with van der Waals surface area (Å²) in [7, 11) is 0. The average Bonchev–Trinajstić information content (AvgIpc) is 2.59. The predicted molar refractivity (Wildman–Crippen MR) is 113 cm³/mol. The van der Waals surface area contributed by atoms with Crippen LogP contribution in [0.4, 0.5) is 0 Å². The van der Waals surface area contributed by atoms with Crippen molar-refractivity contribution in [1.82, 2.24) is 0 Å². The number of hydrogen-bond donors (Lipinski definition) is 0. The van der Waals surface area contributed by atoms with Crippen molar-refractivity contribution in [3.8, 4) is 0 Å². The third-order valence-electron chi connectivity index (χ3n) is 5.29. The number of rotatable bonds is 19. The maximum Gasteiger partial charge on any atom is -0.0351 e. The number of hydrogen-bond acceptors (Lipinski definition) is 0. The molecule has 0 heterocycles. The molecule has 0 aromatic rings. The highest BCUT2D eigenvalue weighted by Gasteiger charge is 2.06. The lowest BCUT2D eigenvalue weighted by atomic mass is 9.91. The lowest BCUT2D eigenvalue weighted by Gasteiger charge is -2.15. The van der Waals surface area contributed by atoms with Crippen LogP contribution in [0.3, 0.4) is 0 Å². The van der Waals surface area contributed by atoms with E-state index in [1.165, 1.54) is 116 Å². The minimum atomic E-state index is 1.01. The van der Waals surface area contributed by atoms with E-state index in [0.29, 0.717) is 0 Å². The first kappa shape index (κ1) is 23.7. The van der Waals surface area contributed by atoms with Crippen molar-refractivity contribution in [3.63, 3.8) is 0 Å². The Morgan fingerprint density at radius 1 is 0.458 bits per heavy atom. The van der Waals surface area contributed by atoms with Crippen molar-refractivity contribution in [2.24, 2.45) is 5.92 Å². The number of unbranched alkanes of at least 4 members (excludes halogenated alkanes) is 11. The molecule has 0 spiro atoms. The standard InChI is InChI=1S/C24H48/c1-4-7-9-10-11-12-13-14-15-16-17-18-20-23-24(21-6-3)22-19-8-5-2/h15-16,24H,4-14,17-23H2,1-3H3. The van der Waals surface area contributed by atoms with Gasteiger partial charge < -0.3 is 0 Å². The molecule has 0 aromatic heterocycles. The molecule has 144 valence electrons. The second-order valence-corrected chi connectivity index (χ2v) is 7.82. The minimum absolute atomic E-state index is 1.01. The van der Waals surface area contributed by atoms with Gasteiger partial charge in [-0.15, -0.1) is 0 Å². The molecule has 0 fully saturated rings. The third kappa shape index (κ3) is 18.1. The Morgan fingerprint density at radius 3 is 1.50 bits per heavy atom. The van der Waals surface area contributed by atoms with Gasteiger partial charge in [0.15, 0.2) is 0 Å². The topological polar surface area (TPSA) is 0 Å². The van der Waals surface area contributed by atoms with Gasteiger partial charge >= 0.3 is 0 Å². The van der Waals surface area contributed by atoms with Gasteiger partial charge in [0.2, 0.25) is 0 Å². The molecule has 24 heavy (non-hydrogen) atoms. The predicted octanol–water partition coefficient (Wildman–Crippen LogP) is 9.24. The maximum atomic E-state index is 2.45. The second kappa shape index (κ2) is 20.8. The highest BCUT2D eigenvalue weighted by atomic mass is 14.1. The summed E-state index contributed by atoms with van der Waals surface area (Å²) in [5.74, 6) is 1.01. The zero-order valence-corrected chi connectivity index (χ0v) is 17.5. The van der Waals surface area contributed by atoms with Gasteiger partial charge in [0.1, 0.15) is 0 Å². The first-order valence-corrected chi connectivity index (χ1v) is 11.5. The van der Waals surface area contributed by atoms with Crippen LogP contribution in [-0.4, -0.2) is 0 Å². The van der Waals surface area contributed by atoms with E-state index >= 15 is 0 Å². The van der Waals surface area contributed by atoms with E-state index in [-0.39, 0.29) is 0 Å². The molecule has 0 aromatic carbocycles. The Hall–Kier alpha value is -0.260. The van der Waals surface area contributed by atoms with Crippen LogP contribution >= 0.6 is 0 Å². The molecular formula is C24H48. The van der Waals surface area contributed by atoms with Gasteiger partial charge in [-0.2, -0.15) is 0 Å². The van der Waals surface area contributed by atoms with Crippen molar-refractivity contribution in [3.05, 3.63) is 12.2 Å². The molecule has 0 rings (SSSR count). The summed E-state index contributed by atoms with van der Waals surface area (Å²) in [6.07, 6.45) is 30.4. The molecular weight excluding hydrogens is 288 g/mol. The van der Waals surface area contributed by atoms with Gasteiger partial charge in [-0.1, -0.05) is 123 Å². The molecule has 0 aliphatic heterocycles. The summed E-state index contributed by atoms with van der Waals surface area (Å²) >= 11 is 0. The Balaban J connectivity index is 3.39. The summed E-state index contributed by atoms with van der Waals surface area (Å²) in [4.78, 5) is 0. The molecule has 0 N–H and O–H groups in total. The van der Waals surface area contributed by atoms with E-state index in [2.05, 4.69) is 32.9 Å². The highest BCUT2D eigenvalue weighted by Crippen LogP contribution is 2.22. The largest absolute Gasteiger partial charge is 0.0885 e. The molecule has 0 radical (unpaired) electrons. The number of allylic oxidation sites excluding steroid dienone is 2. The SMILES string of the molecule is CCCCCCCCCC=CCCCCC(CCC)CCCCC. The highest BCUT2D eigenvalue weighted by molar-refractivity contribution is 4.81. The third-order valence-corrected chi connectivity index (χ3v) is 5.29. The molecule has 0 aliphatic carbocycles. The van der Waals surface area contributed by atoms with Gasteiger partial charge in [0.25, 0.3) is 0 Å². The Kier molecular flexibility index (Phi) is 20.6. The summed E-state index contributed by atoms with van der Waals surface area (Å²) < 4.78 is 0. The monoisotopic (exact) mass is 336 g/mol. The molecule has 1 unspecified atom stereocenters. The van der Waals surface area contributed by atoms with Crippen molar-refractivity contribution in [2.75, 3.05) is 0 Å². The summed E-state index contributed by atoms with van der Waals surface area (Å²) in [5.41, 5.74) is 0. The van der Waals surface area contributed by atoms with Crippen LogP contribution < -0.4 is 0 Å². The Labute approximate surface area is 154 Å². The van der Waals surface area contributed by atoms with Crippen LogP contribution in [0.15, 0.2) is 12.2 Å². The summed E-state index contributed by atoms with van der Waals surface area (Å²) in [6, 6.07) is 0. The van der Waals surface area contributed by atoms with Crippen molar-refractivity contribution in [2.45, 2.75) is 136 Å². The average molecular weight is 337 g/mol. The van der Waals surface area contributed by atoms with Crippen LogP contribution in [0.25, 0.3) is 0 Å². The minimum Gasteiger partial charge on any atom is -0.0885 e. The van der Waals surface area contributed by atoms with Crippen LogP contribution in [0.2, 0.25) is 0 Å².